The molecule has 5 nitrogen and oxygen atoms in total. The van der Waals surface area contributed by atoms with Gasteiger partial charge in [0.15, 0.2) is 0 Å². The molecule has 108 heavy (non-hydrogen) atoms. The molecule has 1 amide bonds. The molecule has 8 aromatic carbocycles. The first-order chi connectivity index (χ1) is 48.9. The number of nitrogens with zero attached hydrogens (tertiary/aromatic N) is 1. The fraction of sp³-hybridized carbons (Fsp3) is 0.485. The Morgan fingerprint density at radius 3 is 1.19 bits per heavy atom. The van der Waals surface area contributed by atoms with Gasteiger partial charge in [0, 0.05) is 44.5 Å². The van der Waals surface area contributed by atoms with E-state index < -0.39 is 9.52 Å². The van der Waals surface area contributed by atoms with Crippen molar-refractivity contribution < 1.29 is 13.7 Å². The van der Waals surface area contributed by atoms with Crippen molar-refractivity contribution in [1.29, 1.82) is 0 Å². The smallest absolute Gasteiger partial charge is 0.410 e. The van der Waals surface area contributed by atoms with Gasteiger partial charge >= 0.3 is 6.09 Å². The van der Waals surface area contributed by atoms with Gasteiger partial charge in [-0.3, -0.25) is 4.21 Å². The molecule has 1 heterocycles. The lowest BCUT2D eigenvalue weighted by atomic mass is 9.87. The van der Waals surface area contributed by atoms with Gasteiger partial charge < -0.3 is 15.4 Å². The Morgan fingerprint density at radius 2 is 0.852 bits per heavy atom. The molecule has 1 aliphatic rings. The molecule has 1 saturated heterocycles. The topological polar surface area (TPSA) is 72.6 Å². The zero-order valence-electron chi connectivity index (χ0n) is 71.0. The van der Waals surface area contributed by atoms with E-state index in [0.29, 0.717) is 47.3 Å². The number of amides is 1. The maximum Gasteiger partial charge on any atom is 0.410 e. The number of piperidine rings is 1. The van der Waals surface area contributed by atoms with Gasteiger partial charge in [-0.2, -0.15) is 10.5 Å². The van der Waals surface area contributed by atoms with Gasteiger partial charge in [-0.15, -0.1) is 23.5 Å². The van der Waals surface area contributed by atoms with E-state index in [0.717, 1.165) is 48.2 Å². The van der Waals surface area contributed by atoms with Crippen LogP contribution in [-0.2, 0) is 19.8 Å². The quantitative estimate of drug-likeness (QED) is 0.0864. The van der Waals surface area contributed by atoms with E-state index >= 15 is 0 Å². The summed E-state index contributed by atoms with van der Waals surface area (Å²) in [7, 11) is -1.94. The van der Waals surface area contributed by atoms with Crippen LogP contribution in [0.3, 0.4) is 0 Å². The number of benzene rings is 8. The fourth-order valence-corrected chi connectivity index (χ4v) is 14.4. The second kappa shape index (κ2) is 54.5. The van der Waals surface area contributed by atoms with Crippen molar-refractivity contribution in [2.45, 2.75) is 286 Å². The molecule has 0 radical (unpaired) electrons. The first-order valence-electron chi connectivity index (χ1n) is 38.2. The summed E-state index contributed by atoms with van der Waals surface area (Å²) in [5.74, 6) is 14.1. The normalized spacial score (nSPS) is 12.6. The van der Waals surface area contributed by atoms with Crippen molar-refractivity contribution in [1.82, 2.24) is 4.90 Å². The predicted molar refractivity (Wildman–Crippen MR) is 498 cm³/mol. The third-order valence-corrected chi connectivity index (χ3v) is 21.7. The summed E-state index contributed by atoms with van der Waals surface area (Å²) in [6.07, 6.45) is 10.2. The summed E-state index contributed by atoms with van der Waals surface area (Å²) in [6, 6.07) is 70.1. The predicted octanol–water partition coefficient (Wildman–Crippen LogP) is 30.3. The van der Waals surface area contributed by atoms with Crippen LogP contribution >= 0.6 is 34.0 Å². The summed E-state index contributed by atoms with van der Waals surface area (Å²) in [6.45, 7) is 55.5. The van der Waals surface area contributed by atoms with Gasteiger partial charge in [-0.1, -0.05) is 334 Å². The molecule has 2 unspecified atom stereocenters. The number of nitrogens with two attached hydrogens (primary N) is 1. The Labute approximate surface area is 678 Å². The van der Waals surface area contributed by atoms with Crippen LogP contribution in [0.4, 0.5) is 4.79 Å². The van der Waals surface area contributed by atoms with Crippen LogP contribution in [0.1, 0.15) is 303 Å². The van der Waals surface area contributed by atoms with Gasteiger partial charge in [-0.05, 0) is 235 Å². The van der Waals surface area contributed by atoms with Crippen LogP contribution in [0.25, 0.3) is 0 Å². The van der Waals surface area contributed by atoms with Crippen LogP contribution < -0.4 is 5.73 Å². The number of hydrogen-bond donors (Lipinski definition) is 1. The molecular formula is C99H156N2O3S4. The highest BCUT2D eigenvalue weighted by molar-refractivity contribution is 8.13. The minimum Gasteiger partial charge on any atom is -0.444 e. The minimum atomic E-state index is -2.08. The summed E-state index contributed by atoms with van der Waals surface area (Å²) in [5, 5.41) is 0. The van der Waals surface area contributed by atoms with Crippen LogP contribution in [-0.4, -0.2) is 70.7 Å². The molecule has 0 aromatic heterocycles. The minimum absolute atomic E-state index is 0. The third kappa shape index (κ3) is 43.5. The number of carbonyl (C=O) groups excluding carboxylic acids is 1. The standard InChI is InChI=1S/C13H25NO2.C12H19N.C11H16OS.C11H16S.2C10H14S.2C10H14.C9H12.3CH4/c1-10(2)11-6-8-14(9-7-11)12(15)16-13(3,4)5;1-9(2)10-6-5-7-11(8-10)12(3,4)13;1-9(2)10-7-5-6-8-11(10)13(3,4)12;1-9(2)10-7-5-6-8-11(10)12(3)4;1-8(2)9-5-4-6-10(7-9)11-3;1-8(2)9-6-4-5-7-10(9)11-3;2*1-8(2)10-6-4-5-9(3)7-10;1-8(2)9-6-4-3-5-7-9;;;/h10-11H,6-9H2,1-5H3;5-9H,13H2,1-4H3;5-9H,3H2,1-2,4H3;5-9H,3H2,1-2,4H3;2*4-8H,1-3H3;2*4-8H,1-3H3;3-8H,1-2H3;3*1H4. The Bertz CT molecular complexity index is 3770. The van der Waals surface area contributed by atoms with Crippen LogP contribution in [0, 0.1) is 25.7 Å². The van der Waals surface area contributed by atoms with Crippen molar-refractivity contribution in [2.75, 3.05) is 38.1 Å². The molecule has 0 saturated carbocycles. The average Bonchev–Trinajstić information content (AvgIpc) is 0.779. The number of hydrogen-bond acceptors (Lipinski definition) is 6. The molecule has 0 aliphatic carbocycles. The van der Waals surface area contributed by atoms with Gasteiger partial charge in [0.25, 0.3) is 0 Å². The lowest BCUT2D eigenvalue weighted by Gasteiger charge is -2.34. The van der Waals surface area contributed by atoms with E-state index in [-0.39, 0.29) is 50.0 Å². The number of likely N-dealkylation sites (tertiary alicyclic amines) is 1. The summed E-state index contributed by atoms with van der Waals surface area (Å²) in [5.41, 5.74) is 20.4. The maximum atomic E-state index is 11.8. The van der Waals surface area contributed by atoms with Crippen molar-refractivity contribution in [2.24, 2.45) is 17.6 Å². The number of aryl methyl sites for hydroxylation is 2. The van der Waals surface area contributed by atoms with E-state index in [1.807, 2.05) is 81.6 Å². The van der Waals surface area contributed by atoms with Crippen LogP contribution in [0.2, 0.25) is 0 Å². The van der Waals surface area contributed by atoms with Gasteiger partial charge in [0.05, 0.1) is 0 Å². The summed E-state index contributed by atoms with van der Waals surface area (Å²) >= 11 is 3.62. The van der Waals surface area contributed by atoms with Gasteiger partial charge in [-0.25, -0.2) is 4.79 Å². The number of carbonyl (C=O) groups is 1. The number of ether oxygens (including phenoxy) is 1. The molecule has 1 fully saturated rings. The van der Waals surface area contributed by atoms with E-state index in [1.165, 1.54) is 70.3 Å². The Morgan fingerprint density at radius 1 is 0.481 bits per heavy atom. The van der Waals surface area contributed by atoms with Crippen molar-refractivity contribution in [3.05, 3.63) is 261 Å². The highest BCUT2D eigenvalue weighted by atomic mass is 32.2. The summed E-state index contributed by atoms with van der Waals surface area (Å²) < 4.78 is 17.2. The van der Waals surface area contributed by atoms with E-state index in [1.54, 1.807) is 18.0 Å². The maximum absolute atomic E-state index is 11.8. The largest absolute Gasteiger partial charge is 0.444 e. The van der Waals surface area contributed by atoms with Crippen molar-refractivity contribution >= 4 is 61.4 Å². The number of thioether (sulfide) groups is 2. The SMILES string of the molecule is C.C.C.C=S(C)(=O)c1ccccc1C(C)C.C=S(C)c1ccccc1C(C)C.CC(C)C1CCN(C(=O)OC(C)(C)C)CC1.CC(C)c1cccc(C(C)(C)N)c1.CC(C)c1ccccc1.CSc1cccc(C(C)C)c1.CSc1ccccc1C(C)C.Cc1cccc(C(C)C)c1.Cc1cccc(C(C)C)c1. The Kier molecular flexibility index (Phi) is 53.6. The first-order valence-corrected chi connectivity index (χ1v) is 44.6. The van der Waals surface area contributed by atoms with Crippen molar-refractivity contribution in [3.8, 4) is 0 Å². The Balaban J connectivity index is -0.00000115. The monoisotopic (exact) mass is 1550 g/mol. The second-order valence-electron chi connectivity index (χ2n) is 32.1. The molecule has 0 bridgehead atoms. The molecule has 2 N–H and O–H groups in total. The molecular weight excluding hydrogens is 1390 g/mol. The second-order valence-corrected chi connectivity index (χ2v) is 38.0. The zero-order chi connectivity index (χ0) is 80.0. The Hall–Kier alpha value is -6.07. The summed E-state index contributed by atoms with van der Waals surface area (Å²) in [4.78, 5) is 18.7. The zero-order valence-corrected chi connectivity index (χ0v) is 74.2. The molecule has 2 atom stereocenters. The molecule has 9 rings (SSSR count). The van der Waals surface area contributed by atoms with Crippen molar-refractivity contribution in [3.63, 3.8) is 0 Å². The lowest BCUT2D eigenvalue weighted by molar-refractivity contribution is 0.0166. The molecule has 1 aliphatic heterocycles. The van der Waals surface area contributed by atoms with E-state index in [4.69, 9.17) is 10.5 Å². The highest BCUT2D eigenvalue weighted by Gasteiger charge is 2.28. The molecule has 604 valence electrons. The average molecular weight is 1550 g/mol. The van der Waals surface area contributed by atoms with Gasteiger partial charge in [0.2, 0.25) is 0 Å². The first kappa shape index (κ1) is 106. The van der Waals surface area contributed by atoms with E-state index in [9.17, 15) is 9.00 Å². The molecule has 9 heteroatoms. The third-order valence-electron chi connectivity index (χ3n) is 17.8. The number of rotatable bonds is 14. The molecule has 0 spiro atoms. The van der Waals surface area contributed by atoms with Gasteiger partial charge in [0.1, 0.15) is 5.60 Å². The fourth-order valence-electron chi connectivity index (χ4n) is 11.0. The van der Waals surface area contributed by atoms with Crippen LogP contribution in [0.15, 0.2) is 220 Å². The van der Waals surface area contributed by atoms with E-state index in [2.05, 4.69) is 339 Å². The molecule has 8 aromatic rings. The van der Waals surface area contributed by atoms with Crippen LogP contribution in [0.5, 0.6) is 0 Å². The highest BCUT2D eigenvalue weighted by Crippen LogP contribution is 2.32. The lowest BCUT2D eigenvalue weighted by Crippen LogP contribution is -2.42.